The Labute approximate surface area is 147 Å². The quantitative estimate of drug-likeness (QED) is 0.911. The van der Waals surface area contributed by atoms with Crippen molar-refractivity contribution < 1.29 is 14.3 Å². The Kier molecular flexibility index (Phi) is 4.74. The Bertz CT molecular complexity index is 816. The number of para-hydroxylation sites is 1. The minimum absolute atomic E-state index is 0.0691. The molecular formula is C20H22N2O3. The number of carbonyl (C=O) groups is 2. The van der Waals surface area contributed by atoms with Crippen LogP contribution in [0.3, 0.4) is 0 Å². The van der Waals surface area contributed by atoms with E-state index in [1.54, 1.807) is 19.1 Å². The van der Waals surface area contributed by atoms with Crippen molar-refractivity contribution in [1.82, 2.24) is 4.90 Å². The second-order valence-corrected chi connectivity index (χ2v) is 6.40. The van der Waals surface area contributed by atoms with Crippen molar-refractivity contribution in [2.75, 3.05) is 19.5 Å². The third-order valence-corrected chi connectivity index (χ3v) is 4.56. The number of hydrogen-bond donors (Lipinski definition) is 1. The maximum Gasteiger partial charge on any atom is 0.232 e. The standard InChI is InChI=1S/C20H22N2O3/c1-13-8-9-18(25-3)14(10-13)12-22(2)19(23)11-16-15-6-4-5-7-17(15)21-20(16)24/h4-10,16H,11-12H2,1-3H3,(H,21,24)/t16-/m0/s1. The molecule has 0 fully saturated rings. The molecule has 5 heteroatoms. The van der Waals surface area contributed by atoms with Gasteiger partial charge in [0.15, 0.2) is 0 Å². The van der Waals surface area contributed by atoms with E-state index in [0.717, 1.165) is 28.1 Å². The van der Waals surface area contributed by atoms with E-state index >= 15 is 0 Å². The molecule has 130 valence electrons. The summed E-state index contributed by atoms with van der Waals surface area (Å²) in [7, 11) is 3.37. The second kappa shape index (κ2) is 6.97. The fourth-order valence-electron chi connectivity index (χ4n) is 3.18. The molecule has 1 heterocycles. The molecule has 1 aliphatic heterocycles. The number of ether oxygens (including phenoxy) is 1. The first-order chi connectivity index (χ1) is 12.0. The van der Waals surface area contributed by atoms with Crippen molar-refractivity contribution in [3.8, 4) is 5.75 Å². The van der Waals surface area contributed by atoms with Crippen molar-refractivity contribution in [2.24, 2.45) is 0 Å². The van der Waals surface area contributed by atoms with E-state index in [4.69, 9.17) is 4.74 Å². The lowest BCUT2D eigenvalue weighted by atomic mass is 9.96. The van der Waals surface area contributed by atoms with E-state index < -0.39 is 5.92 Å². The summed E-state index contributed by atoms with van der Waals surface area (Å²) >= 11 is 0. The molecule has 0 unspecified atom stereocenters. The number of anilines is 1. The summed E-state index contributed by atoms with van der Waals surface area (Å²) in [5, 5.41) is 2.84. The fraction of sp³-hybridized carbons (Fsp3) is 0.300. The highest BCUT2D eigenvalue weighted by Crippen LogP contribution is 2.34. The molecule has 25 heavy (non-hydrogen) atoms. The number of amides is 2. The molecule has 2 amide bonds. The lowest BCUT2D eigenvalue weighted by Crippen LogP contribution is -2.29. The van der Waals surface area contributed by atoms with Gasteiger partial charge in [0.1, 0.15) is 5.75 Å². The molecule has 0 aromatic heterocycles. The van der Waals surface area contributed by atoms with Crippen LogP contribution in [0.1, 0.15) is 29.0 Å². The predicted octanol–water partition coefficient (Wildman–Crippen LogP) is 3.09. The van der Waals surface area contributed by atoms with Crippen LogP contribution in [-0.2, 0) is 16.1 Å². The van der Waals surface area contributed by atoms with Gasteiger partial charge in [-0.25, -0.2) is 0 Å². The Morgan fingerprint density at radius 2 is 2.00 bits per heavy atom. The number of carbonyl (C=O) groups excluding carboxylic acids is 2. The molecule has 0 saturated carbocycles. The third kappa shape index (κ3) is 3.50. The zero-order valence-corrected chi connectivity index (χ0v) is 14.7. The van der Waals surface area contributed by atoms with Crippen molar-refractivity contribution in [2.45, 2.75) is 25.8 Å². The maximum absolute atomic E-state index is 12.6. The van der Waals surface area contributed by atoms with Gasteiger partial charge in [-0.2, -0.15) is 0 Å². The first-order valence-electron chi connectivity index (χ1n) is 8.27. The highest BCUT2D eigenvalue weighted by Gasteiger charge is 2.32. The van der Waals surface area contributed by atoms with Crippen LogP contribution in [0.4, 0.5) is 5.69 Å². The Morgan fingerprint density at radius 1 is 1.24 bits per heavy atom. The summed E-state index contributed by atoms with van der Waals surface area (Å²) in [6.45, 7) is 2.45. The average molecular weight is 338 g/mol. The monoisotopic (exact) mass is 338 g/mol. The second-order valence-electron chi connectivity index (χ2n) is 6.40. The number of methoxy groups -OCH3 is 1. The van der Waals surface area contributed by atoms with E-state index in [9.17, 15) is 9.59 Å². The van der Waals surface area contributed by atoms with Gasteiger partial charge in [-0.15, -0.1) is 0 Å². The summed E-state index contributed by atoms with van der Waals surface area (Å²) in [4.78, 5) is 26.5. The zero-order chi connectivity index (χ0) is 18.0. The number of benzene rings is 2. The molecule has 0 radical (unpaired) electrons. The summed E-state index contributed by atoms with van der Waals surface area (Å²) < 4.78 is 5.38. The molecule has 5 nitrogen and oxygen atoms in total. The van der Waals surface area contributed by atoms with Crippen molar-refractivity contribution >= 4 is 17.5 Å². The first kappa shape index (κ1) is 17.0. The predicted molar refractivity (Wildman–Crippen MR) is 96.6 cm³/mol. The fourth-order valence-corrected chi connectivity index (χ4v) is 3.18. The number of rotatable bonds is 5. The van der Waals surface area contributed by atoms with Crippen molar-refractivity contribution in [1.29, 1.82) is 0 Å². The molecule has 1 aliphatic rings. The van der Waals surface area contributed by atoms with E-state index in [1.807, 2.05) is 49.4 Å². The minimum atomic E-state index is -0.425. The van der Waals surface area contributed by atoms with Gasteiger partial charge >= 0.3 is 0 Å². The molecular weight excluding hydrogens is 316 g/mol. The highest BCUT2D eigenvalue weighted by molar-refractivity contribution is 6.04. The number of nitrogens with one attached hydrogen (secondary N) is 1. The van der Waals surface area contributed by atoms with Gasteiger partial charge < -0.3 is 15.0 Å². The van der Waals surface area contributed by atoms with Crippen LogP contribution in [0.15, 0.2) is 42.5 Å². The Morgan fingerprint density at radius 3 is 2.76 bits per heavy atom. The summed E-state index contributed by atoms with van der Waals surface area (Å²) in [5.74, 6) is 0.149. The van der Waals surface area contributed by atoms with Gasteiger partial charge in [-0.1, -0.05) is 35.9 Å². The van der Waals surface area contributed by atoms with Crippen LogP contribution in [0.2, 0.25) is 0 Å². The Hall–Kier alpha value is -2.82. The topological polar surface area (TPSA) is 58.6 Å². The van der Waals surface area contributed by atoms with E-state index in [2.05, 4.69) is 5.32 Å². The van der Waals surface area contributed by atoms with Crippen molar-refractivity contribution in [3.05, 3.63) is 59.2 Å². The van der Waals surface area contributed by atoms with Crippen LogP contribution >= 0.6 is 0 Å². The molecule has 0 saturated heterocycles. The average Bonchev–Trinajstić information content (AvgIpc) is 2.91. The van der Waals surface area contributed by atoms with Crippen LogP contribution < -0.4 is 10.1 Å². The van der Waals surface area contributed by atoms with Crippen LogP contribution in [0.25, 0.3) is 0 Å². The van der Waals surface area contributed by atoms with Crippen LogP contribution in [-0.4, -0.2) is 30.9 Å². The number of aryl methyl sites for hydroxylation is 1. The molecule has 2 aromatic rings. The molecule has 3 rings (SSSR count). The first-order valence-corrected chi connectivity index (χ1v) is 8.27. The van der Waals surface area contributed by atoms with Crippen LogP contribution in [0.5, 0.6) is 5.75 Å². The molecule has 0 bridgehead atoms. The number of nitrogens with zero attached hydrogens (tertiary/aromatic N) is 1. The number of hydrogen-bond acceptors (Lipinski definition) is 3. The number of fused-ring (bicyclic) bond motifs is 1. The van der Waals surface area contributed by atoms with E-state index in [0.29, 0.717) is 6.54 Å². The largest absolute Gasteiger partial charge is 0.496 e. The molecule has 0 aliphatic carbocycles. The lowest BCUT2D eigenvalue weighted by molar-refractivity contribution is -0.132. The third-order valence-electron chi connectivity index (χ3n) is 4.56. The van der Waals surface area contributed by atoms with Crippen molar-refractivity contribution in [3.63, 3.8) is 0 Å². The highest BCUT2D eigenvalue weighted by atomic mass is 16.5. The molecule has 1 N–H and O–H groups in total. The van der Waals surface area contributed by atoms with Gasteiger partial charge in [-0.05, 0) is 24.6 Å². The van der Waals surface area contributed by atoms with Crippen LogP contribution in [0, 0.1) is 6.92 Å². The van der Waals surface area contributed by atoms with Gasteiger partial charge in [0.2, 0.25) is 11.8 Å². The Balaban J connectivity index is 1.72. The van der Waals surface area contributed by atoms with Gasteiger partial charge in [0.25, 0.3) is 0 Å². The molecule has 0 spiro atoms. The van der Waals surface area contributed by atoms with E-state index in [-0.39, 0.29) is 18.2 Å². The SMILES string of the molecule is COc1ccc(C)cc1CN(C)C(=O)C[C@@H]1C(=O)Nc2ccccc21. The normalized spacial score (nSPS) is 15.5. The minimum Gasteiger partial charge on any atom is -0.496 e. The van der Waals surface area contributed by atoms with Gasteiger partial charge in [-0.3, -0.25) is 9.59 Å². The summed E-state index contributed by atoms with van der Waals surface area (Å²) in [6.07, 6.45) is 0.160. The van der Waals surface area contributed by atoms with Gasteiger partial charge in [0, 0.05) is 31.3 Å². The molecule has 1 atom stereocenters. The maximum atomic E-state index is 12.6. The zero-order valence-electron chi connectivity index (χ0n) is 14.7. The smallest absolute Gasteiger partial charge is 0.232 e. The van der Waals surface area contributed by atoms with Gasteiger partial charge in [0.05, 0.1) is 13.0 Å². The molecule has 2 aromatic carbocycles. The summed E-state index contributed by atoms with van der Waals surface area (Å²) in [6, 6.07) is 13.4. The van der Waals surface area contributed by atoms with E-state index in [1.165, 1.54) is 0 Å². The summed E-state index contributed by atoms with van der Waals surface area (Å²) in [5.41, 5.74) is 3.76. The lowest BCUT2D eigenvalue weighted by Gasteiger charge is -2.20.